The lowest BCUT2D eigenvalue weighted by Gasteiger charge is -2.26. The molecular weight excluding hydrogens is 214 g/mol. The fourth-order valence-corrected chi connectivity index (χ4v) is 2.64. The first-order valence-corrected chi connectivity index (χ1v) is 6.51. The van der Waals surface area contributed by atoms with E-state index in [0.29, 0.717) is 12.3 Å². The summed E-state index contributed by atoms with van der Waals surface area (Å²) in [5.74, 6) is 1.33. The van der Waals surface area contributed by atoms with Gasteiger partial charge in [-0.3, -0.25) is 9.69 Å². The highest BCUT2D eigenvalue weighted by molar-refractivity contribution is 5.94. The van der Waals surface area contributed by atoms with E-state index in [2.05, 4.69) is 4.90 Å². The molecule has 1 fully saturated rings. The smallest absolute Gasteiger partial charge is 0.211 e. The summed E-state index contributed by atoms with van der Waals surface area (Å²) < 4.78 is 5.11. The number of hydrogen-bond donors (Lipinski definition) is 0. The molecule has 0 aliphatic heterocycles. The van der Waals surface area contributed by atoms with Crippen LogP contribution in [0.2, 0.25) is 0 Å². The van der Waals surface area contributed by atoms with E-state index in [1.54, 1.807) is 18.4 Å². The van der Waals surface area contributed by atoms with E-state index < -0.39 is 0 Å². The van der Waals surface area contributed by atoms with Gasteiger partial charge in [-0.2, -0.15) is 0 Å². The van der Waals surface area contributed by atoms with Crippen LogP contribution < -0.4 is 0 Å². The van der Waals surface area contributed by atoms with Gasteiger partial charge in [0.05, 0.1) is 12.8 Å². The van der Waals surface area contributed by atoms with E-state index in [1.165, 1.54) is 32.1 Å². The van der Waals surface area contributed by atoms with Gasteiger partial charge in [-0.15, -0.1) is 0 Å². The van der Waals surface area contributed by atoms with Crippen LogP contribution in [0.4, 0.5) is 0 Å². The average Bonchev–Trinajstić information content (AvgIpc) is 2.83. The summed E-state index contributed by atoms with van der Waals surface area (Å²) in [6.07, 6.45) is 8.27. The molecule has 1 saturated carbocycles. The van der Waals surface area contributed by atoms with Crippen LogP contribution in [-0.4, -0.2) is 30.8 Å². The van der Waals surface area contributed by atoms with Gasteiger partial charge in [0.25, 0.3) is 0 Å². The highest BCUT2D eigenvalue weighted by atomic mass is 16.3. The number of likely N-dealkylation sites (N-methyl/N-ethyl adjacent to an activating group) is 1. The molecule has 2 rings (SSSR count). The number of nitrogens with zero attached hydrogens (tertiary/aromatic N) is 1. The maximum Gasteiger partial charge on any atom is 0.211 e. The summed E-state index contributed by atoms with van der Waals surface area (Å²) in [5.41, 5.74) is 0. The van der Waals surface area contributed by atoms with Gasteiger partial charge in [0.2, 0.25) is 5.78 Å². The molecule has 1 aliphatic carbocycles. The Bertz CT molecular complexity index is 339. The number of ketones is 1. The van der Waals surface area contributed by atoms with Crippen molar-refractivity contribution in [3.8, 4) is 0 Å². The minimum atomic E-state index is 0.0771. The van der Waals surface area contributed by atoms with Crippen molar-refractivity contribution in [3.05, 3.63) is 24.2 Å². The van der Waals surface area contributed by atoms with E-state index in [-0.39, 0.29) is 5.78 Å². The number of Topliss-reactive ketones (excluding diaryl/α,β-unsaturated/α-hetero) is 1. The lowest BCUT2D eigenvalue weighted by Crippen LogP contribution is -2.31. The molecule has 3 nitrogen and oxygen atoms in total. The Morgan fingerprint density at radius 2 is 2.18 bits per heavy atom. The molecule has 1 heterocycles. The van der Waals surface area contributed by atoms with Crippen LogP contribution >= 0.6 is 0 Å². The summed E-state index contributed by atoms with van der Waals surface area (Å²) >= 11 is 0. The van der Waals surface area contributed by atoms with Crippen molar-refractivity contribution in [2.45, 2.75) is 32.1 Å². The van der Waals surface area contributed by atoms with E-state index in [4.69, 9.17) is 4.42 Å². The van der Waals surface area contributed by atoms with Crippen molar-refractivity contribution in [2.75, 3.05) is 20.1 Å². The third-order valence-electron chi connectivity index (χ3n) is 3.50. The molecule has 0 bridgehead atoms. The molecule has 0 spiro atoms. The summed E-state index contributed by atoms with van der Waals surface area (Å²) in [4.78, 5) is 13.9. The second-order valence-corrected chi connectivity index (χ2v) is 5.10. The highest BCUT2D eigenvalue weighted by Crippen LogP contribution is 2.24. The molecule has 94 valence electrons. The molecule has 3 heteroatoms. The molecule has 0 N–H and O–H groups in total. The van der Waals surface area contributed by atoms with Crippen LogP contribution in [0.25, 0.3) is 0 Å². The fraction of sp³-hybridized carbons (Fsp3) is 0.643. The van der Waals surface area contributed by atoms with Crippen LogP contribution in [0.1, 0.15) is 42.7 Å². The molecular formula is C14H21NO2. The molecule has 1 aliphatic rings. The predicted octanol–water partition coefficient (Wildman–Crippen LogP) is 2.97. The number of furan rings is 1. The molecule has 17 heavy (non-hydrogen) atoms. The van der Waals surface area contributed by atoms with Crippen LogP contribution in [0, 0.1) is 5.92 Å². The van der Waals surface area contributed by atoms with Crippen molar-refractivity contribution in [1.29, 1.82) is 0 Å². The largest absolute Gasteiger partial charge is 0.461 e. The summed E-state index contributed by atoms with van der Waals surface area (Å²) in [6, 6.07) is 3.49. The van der Waals surface area contributed by atoms with Gasteiger partial charge in [0, 0.05) is 6.54 Å². The Kier molecular flexibility index (Phi) is 4.37. The lowest BCUT2D eigenvalue weighted by atomic mass is 9.89. The lowest BCUT2D eigenvalue weighted by molar-refractivity contribution is 0.0905. The molecule has 0 radical (unpaired) electrons. The Balaban J connectivity index is 1.76. The van der Waals surface area contributed by atoms with Gasteiger partial charge in [0.1, 0.15) is 0 Å². The van der Waals surface area contributed by atoms with Crippen LogP contribution in [0.3, 0.4) is 0 Å². The summed E-state index contributed by atoms with van der Waals surface area (Å²) in [5, 5.41) is 0. The van der Waals surface area contributed by atoms with Gasteiger partial charge < -0.3 is 4.42 Å². The zero-order valence-electron chi connectivity index (χ0n) is 10.5. The summed E-state index contributed by atoms with van der Waals surface area (Å²) in [7, 11) is 2.02. The zero-order chi connectivity index (χ0) is 12.1. The van der Waals surface area contributed by atoms with Crippen molar-refractivity contribution >= 4 is 5.78 Å². The van der Waals surface area contributed by atoms with Crippen molar-refractivity contribution < 1.29 is 9.21 Å². The minimum absolute atomic E-state index is 0.0771. The molecule has 0 unspecified atom stereocenters. The monoisotopic (exact) mass is 235 g/mol. The van der Waals surface area contributed by atoms with E-state index in [9.17, 15) is 4.79 Å². The number of carbonyl (C=O) groups excluding carboxylic acids is 1. The van der Waals surface area contributed by atoms with Crippen molar-refractivity contribution in [3.63, 3.8) is 0 Å². The molecule has 0 saturated heterocycles. The molecule has 1 aromatic heterocycles. The van der Waals surface area contributed by atoms with Gasteiger partial charge in [-0.1, -0.05) is 19.3 Å². The first-order valence-electron chi connectivity index (χ1n) is 6.51. The van der Waals surface area contributed by atoms with Crippen LogP contribution in [-0.2, 0) is 0 Å². The fourth-order valence-electron chi connectivity index (χ4n) is 2.64. The SMILES string of the molecule is CN(CC(=O)c1ccco1)CC1CCCCC1. The molecule has 1 aromatic rings. The molecule has 0 atom stereocenters. The third kappa shape index (κ3) is 3.70. The number of rotatable bonds is 5. The Morgan fingerprint density at radius 1 is 1.41 bits per heavy atom. The normalized spacial score (nSPS) is 17.5. The predicted molar refractivity (Wildman–Crippen MR) is 67.1 cm³/mol. The average molecular weight is 235 g/mol. The van der Waals surface area contributed by atoms with Gasteiger partial charge in [-0.25, -0.2) is 0 Å². The Labute approximate surface area is 103 Å². The highest BCUT2D eigenvalue weighted by Gasteiger charge is 2.17. The Morgan fingerprint density at radius 3 is 2.82 bits per heavy atom. The van der Waals surface area contributed by atoms with E-state index in [1.807, 2.05) is 7.05 Å². The van der Waals surface area contributed by atoms with E-state index in [0.717, 1.165) is 12.5 Å². The van der Waals surface area contributed by atoms with Crippen LogP contribution in [0.15, 0.2) is 22.8 Å². The number of carbonyl (C=O) groups is 1. The molecule has 0 amide bonds. The quantitative estimate of drug-likeness (QED) is 0.736. The Hall–Kier alpha value is -1.09. The topological polar surface area (TPSA) is 33.5 Å². The maximum absolute atomic E-state index is 11.8. The number of hydrogen-bond acceptors (Lipinski definition) is 3. The first kappa shape index (κ1) is 12.4. The van der Waals surface area contributed by atoms with Gasteiger partial charge in [0.15, 0.2) is 5.76 Å². The maximum atomic E-state index is 11.8. The van der Waals surface area contributed by atoms with E-state index >= 15 is 0 Å². The van der Waals surface area contributed by atoms with Crippen molar-refractivity contribution in [1.82, 2.24) is 4.90 Å². The van der Waals surface area contributed by atoms with Crippen LogP contribution in [0.5, 0.6) is 0 Å². The summed E-state index contributed by atoms with van der Waals surface area (Å²) in [6.45, 7) is 1.50. The second kappa shape index (κ2) is 6.01. The minimum Gasteiger partial charge on any atom is -0.461 e. The van der Waals surface area contributed by atoms with Gasteiger partial charge in [-0.05, 0) is 37.9 Å². The van der Waals surface area contributed by atoms with Gasteiger partial charge >= 0.3 is 0 Å². The first-order chi connectivity index (χ1) is 8.25. The van der Waals surface area contributed by atoms with Crippen molar-refractivity contribution in [2.24, 2.45) is 5.92 Å². The standard InChI is InChI=1S/C14H21NO2/c1-15(10-12-6-3-2-4-7-12)11-13(16)14-8-5-9-17-14/h5,8-9,12H,2-4,6-7,10-11H2,1H3. The zero-order valence-corrected chi connectivity index (χ0v) is 10.5. The second-order valence-electron chi connectivity index (χ2n) is 5.10. The third-order valence-corrected chi connectivity index (χ3v) is 3.50. The molecule has 0 aromatic carbocycles.